The first-order valence-electron chi connectivity index (χ1n) is 10.8. The van der Waals surface area contributed by atoms with Crippen molar-refractivity contribution in [3.05, 3.63) is 108 Å². The van der Waals surface area contributed by atoms with Gasteiger partial charge in [-0.25, -0.2) is 12.8 Å². The highest BCUT2D eigenvalue weighted by molar-refractivity contribution is 7.92. The number of amides is 1. The maximum atomic E-state index is 14.2. The van der Waals surface area contributed by atoms with E-state index in [4.69, 9.17) is 4.42 Å². The number of halogens is 1. The third-order valence-electron chi connectivity index (χ3n) is 5.70. The van der Waals surface area contributed by atoms with Gasteiger partial charge in [-0.15, -0.1) is 0 Å². The lowest BCUT2D eigenvalue weighted by Crippen LogP contribution is -2.30. The van der Waals surface area contributed by atoms with E-state index in [1.54, 1.807) is 36.4 Å². The van der Waals surface area contributed by atoms with Gasteiger partial charge in [0, 0.05) is 28.1 Å². The van der Waals surface area contributed by atoms with Crippen LogP contribution in [-0.4, -0.2) is 20.6 Å². The fourth-order valence-electron chi connectivity index (χ4n) is 3.97. The number of carbonyl (C=O) groups excluding carboxylic acids is 1. The summed E-state index contributed by atoms with van der Waals surface area (Å²) >= 11 is 0. The Morgan fingerprint density at radius 2 is 1.57 bits per heavy atom. The molecule has 0 radical (unpaired) electrons. The van der Waals surface area contributed by atoms with Gasteiger partial charge in [-0.2, -0.15) is 0 Å². The minimum absolute atomic E-state index is 0.0298. The maximum Gasteiger partial charge on any atom is 0.255 e. The first-order chi connectivity index (χ1) is 16.8. The van der Waals surface area contributed by atoms with E-state index in [2.05, 4.69) is 5.32 Å². The molecule has 0 atom stereocenters. The summed E-state index contributed by atoms with van der Waals surface area (Å²) in [5, 5.41) is 4.83. The smallest absolute Gasteiger partial charge is 0.255 e. The van der Waals surface area contributed by atoms with Crippen LogP contribution in [0, 0.1) is 5.82 Å². The highest BCUT2D eigenvalue weighted by atomic mass is 32.2. The normalized spacial score (nSPS) is 11.6. The Morgan fingerprint density at radius 3 is 2.31 bits per heavy atom. The third-order valence-corrected chi connectivity index (χ3v) is 6.83. The van der Waals surface area contributed by atoms with Crippen molar-refractivity contribution in [2.45, 2.75) is 6.54 Å². The monoisotopic (exact) mass is 488 g/mol. The lowest BCUT2D eigenvalue weighted by atomic mass is 10.1. The summed E-state index contributed by atoms with van der Waals surface area (Å²) in [7, 11) is -3.73. The number of anilines is 2. The van der Waals surface area contributed by atoms with E-state index in [0.717, 1.165) is 26.9 Å². The summed E-state index contributed by atoms with van der Waals surface area (Å²) in [6.07, 6.45) is 1.03. The molecule has 0 unspecified atom stereocenters. The topological polar surface area (TPSA) is 79.6 Å². The van der Waals surface area contributed by atoms with Crippen molar-refractivity contribution < 1.29 is 22.0 Å². The molecule has 8 heteroatoms. The molecule has 0 aliphatic rings. The van der Waals surface area contributed by atoms with Gasteiger partial charge in [0.25, 0.3) is 5.91 Å². The van der Waals surface area contributed by atoms with Crippen LogP contribution in [0.1, 0.15) is 15.9 Å². The molecular formula is C27H21FN2O4S. The molecule has 0 aliphatic heterocycles. The van der Waals surface area contributed by atoms with Crippen LogP contribution in [0.3, 0.4) is 0 Å². The molecule has 0 saturated carbocycles. The van der Waals surface area contributed by atoms with Gasteiger partial charge < -0.3 is 9.73 Å². The van der Waals surface area contributed by atoms with Crippen molar-refractivity contribution in [1.82, 2.24) is 0 Å². The molecule has 176 valence electrons. The molecule has 6 nitrogen and oxygen atoms in total. The van der Waals surface area contributed by atoms with Crippen LogP contribution in [-0.2, 0) is 16.6 Å². The van der Waals surface area contributed by atoms with Crippen LogP contribution < -0.4 is 9.62 Å². The molecule has 5 rings (SSSR count). The molecular weight excluding hydrogens is 467 g/mol. The number of furan rings is 1. The van der Waals surface area contributed by atoms with Crippen LogP contribution in [0.25, 0.3) is 21.9 Å². The number of nitrogens with zero attached hydrogens (tertiary/aromatic N) is 1. The summed E-state index contributed by atoms with van der Waals surface area (Å²) < 4.78 is 45.7. The molecule has 1 heterocycles. The van der Waals surface area contributed by atoms with Gasteiger partial charge >= 0.3 is 0 Å². The quantitative estimate of drug-likeness (QED) is 0.321. The Hall–Kier alpha value is -4.17. The van der Waals surface area contributed by atoms with Crippen LogP contribution in [0.5, 0.6) is 0 Å². The number of carbonyl (C=O) groups is 1. The van der Waals surface area contributed by atoms with Crippen LogP contribution in [0.15, 0.2) is 95.4 Å². The van der Waals surface area contributed by atoms with Crippen molar-refractivity contribution in [2.75, 3.05) is 15.9 Å². The summed E-state index contributed by atoms with van der Waals surface area (Å²) in [5.41, 5.74) is 3.02. The van der Waals surface area contributed by atoms with Crippen molar-refractivity contribution in [3.63, 3.8) is 0 Å². The van der Waals surface area contributed by atoms with Crippen molar-refractivity contribution in [3.8, 4) is 0 Å². The SMILES string of the molecule is CS(=O)(=O)N(Cc1ccc(C(=O)Nc2ccc3c(c2)oc2ccccc23)cc1)c1ccccc1F. The molecule has 0 spiro atoms. The number of hydrogen-bond donors (Lipinski definition) is 1. The molecule has 35 heavy (non-hydrogen) atoms. The average molecular weight is 489 g/mol. The molecule has 1 amide bonds. The van der Waals surface area contributed by atoms with Gasteiger partial charge in [0.2, 0.25) is 10.0 Å². The van der Waals surface area contributed by atoms with E-state index in [1.165, 1.54) is 18.2 Å². The second-order valence-corrected chi connectivity index (χ2v) is 10.1. The Morgan fingerprint density at radius 1 is 0.886 bits per heavy atom. The van der Waals surface area contributed by atoms with Crippen LogP contribution in [0.2, 0.25) is 0 Å². The fraction of sp³-hybridized carbons (Fsp3) is 0.0741. The van der Waals surface area contributed by atoms with Gasteiger partial charge in [-0.05, 0) is 48.0 Å². The predicted octanol–water partition coefficient (Wildman–Crippen LogP) is 5.94. The predicted molar refractivity (Wildman–Crippen MR) is 136 cm³/mol. The zero-order chi connectivity index (χ0) is 24.6. The van der Waals surface area contributed by atoms with E-state index in [9.17, 15) is 17.6 Å². The van der Waals surface area contributed by atoms with Crippen LogP contribution in [0.4, 0.5) is 15.8 Å². The zero-order valence-electron chi connectivity index (χ0n) is 18.7. The first-order valence-corrected chi connectivity index (χ1v) is 12.7. The van der Waals surface area contributed by atoms with Gasteiger partial charge in [0.1, 0.15) is 17.0 Å². The van der Waals surface area contributed by atoms with Crippen LogP contribution >= 0.6 is 0 Å². The van der Waals surface area contributed by atoms with E-state index in [-0.39, 0.29) is 18.1 Å². The minimum Gasteiger partial charge on any atom is -0.456 e. The lowest BCUT2D eigenvalue weighted by molar-refractivity contribution is 0.102. The highest BCUT2D eigenvalue weighted by Gasteiger charge is 2.21. The molecule has 5 aromatic rings. The molecule has 0 fully saturated rings. The number of fused-ring (bicyclic) bond motifs is 3. The Bertz CT molecular complexity index is 1660. The number of benzene rings is 4. The van der Waals surface area contributed by atoms with Gasteiger partial charge in [-0.3, -0.25) is 9.10 Å². The second kappa shape index (κ2) is 8.88. The fourth-order valence-corrected chi connectivity index (χ4v) is 4.86. The number of rotatable bonds is 6. The zero-order valence-corrected chi connectivity index (χ0v) is 19.6. The van der Waals surface area contributed by atoms with E-state index < -0.39 is 15.8 Å². The third kappa shape index (κ3) is 4.61. The Labute approximate surface area is 201 Å². The van der Waals surface area contributed by atoms with Crippen molar-refractivity contribution in [2.24, 2.45) is 0 Å². The summed E-state index contributed by atoms with van der Waals surface area (Å²) in [6, 6.07) is 25.4. The molecule has 0 saturated heterocycles. The summed E-state index contributed by atoms with van der Waals surface area (Å²) in [5.74, 6) is -0.948. The number of hydrogen-bond acceptors (Lipinski definition) is 4. The molecule has 0 aliphatic carbocycles. The largest absolute Gasteiger partial charge is 0.456 e. The van der Waals surface area contributed by atoms with E-state index >= 15 is 0 Å². The highest BCUT2D eigenvalue weighted by Crippen LogP contribution is 2.30. The molecule has 0 bridgehead atoms. The number of sulfonamides is 1. The standard InChI is InChI=1S/C27H21FN2O4S/c1-35(32,33)30(24-8-4-3-7-23(24)28)17-18-10-12-19(13-11-18)27(31)29-20-14-15-22-21-6-2-5-9-25(21)34-26(22)16-20/h2-16H,17H2,1H3,(H,29,31). The van der Waals surface area contributed by atoms with Crippen molar-refractivity contribution in [1.29, 1.82) is 0 Å². The van der Waals surface area contributed by atoms with Gasteiger partial charge in [0.05, 0.1) is 18.5 Å². The Kier molecular flexibility index (Phi) is 5.74. The summed E-state index contributed by atoms with van der Waals surface area (Å²) in [6.45, 7) is -0.0651. The number of para-hydroxylation sites is 2. The summed E-state index contributed by atoms with van der Waals surface area (Å²) in [4.78, 5) is 12.8. The second-order valence-electron chi connectivity index (χ2n) is 8.18. The van der Waals surface area contributed by atoms with Gasteiger partial charge in [0.15, 0.2) is 0 Å². The lowest BCUT2D eigenvalue weighted by Gasteiger charge is -2.23. The van der Waals surface area contributed by atoms with Crippen molar-refractivity contribution >= 4 is 49.2 Å². The molecule has 4 aromatic carbocycles. The maximum absolute atomic E-state index is 14.2. The molecule has 1 aromatic heterocycles. The van der Waals surface area contributed by atoms with E-state index in [0.29, 0.717) is 22.4 Å². The minimum atomic E-state index is -3.73. The van der Waals surface area contributed by atoms with E-state index in [1.807, 2.05) is 36.4 Å². The van der Waals surface area contributed by atoms with Gasteiger partial charge in [-0.1, -0.05) is 42.5 Å². The first kappa shape index (κ1) is 22.6. The molecule has 1 N–H and O–H groups in total. The average Bonchev–Trinajstić information content (AvgIpc) is 3.20. The Balaban J connectivity index is 1.34. The number of nitrogens with one attached hydrogen (secondary N) is 1.